The van der Waals surface area contributed by atoms with Crippen molar-refractivity contribution < 1.29 is 0 Å². The van der Waals surface area contributed by atoms with E-state index in [4.69, 9.17) is 0 Å². The molecule has 0 amide bonds. The second-order valence-corrected chi connectivity index (χ2v) is 6.11. The third-order valence-electron chi connectivity index (χ3n) is 4.91. The van der Waals surface area contributed by atoms with E-state index in [1.54, 1.807) is 0 Å². The molecule has 1 N–H and O–H groups in total. The quantitative estimate of drug-likeness (QED) is 0.853. The van der Waals surface area contributed by atoms with Gasteiger partial charge in [-0.3, -0.25) is 0 Å². The van der Waals surface area contributed by atoms with Gasteiger partial charge in [0.25, 0.3) is 0 Å². The first kappa shape index (κ1) is 12.2. The molecule has 3 unspecified atom stereocenters. The highest BCUT2D eigenvalue weighted by molar-refractivity contribution is 5.23. The smallest absolute Gasteiger partial charge is 0.0110 e. The first-order chi connectivity index (χ1) is 8.85. The molecule has 3 atom stereocenters. The molecule has 1 saturated carbocycles. The molecule has 1 aliphatic heterocycles. The molecule has 1 aromatic carbocycles. The lowest BCUT2D eigenvalue weighted by molar-refractivity contribution is 0.257. The second-order valence-electron chi connectivity index (χ2n) is 6.11. The topological polar surface area (TPSA) is 12.0 Å². The number of fused-ring (bicyclic) bond motifs is 1. The fourth-order valence-electron chi connectivity index (χ4n) is 3.76. The lowest BCUT2D eigenvalue weighted by Crippen LogP contribution is -2.46. The number of aryl methyl sites for hydroxylation is 1. The Morgan fingerprint density at radius 2 is 1.78 bits per heavy atom. The zero-order valence-corrected chi connectivity index (χ0v) is 11.5. The lowest BCUT2D eigenvalue weighted by atomic mass is 9.87. The van der Waals surface area contributed by atoms with E-state index in [9.17, 15) is 0 Å². The maximum Gasteiger partial charge on any atom is 0.0110 e. The Balaban J connectivity index is 1.58. The molecular weight excluding hydrogens is 218 g/mol. The van der Waals surface area contributed by atoms with Gasteiger partial charge < -0.3 is 5.32 Å². The van der Waals surface area contributed by atoms with Crippen LogP contribution in [0, 0.1) is 5.92 Å². The van der Waals surface area contributed by atoms with Crippen molar-refractivity contribution >= 4 is 0 Å². The van der Waals surface area contributed by atoms with E-state index in [1.807, 2.05) is 0 Å². The van der Waals surface area contributed by atoms with Crippen molar-refractivity contribution in [3.05, 3.63) is 35.4 Å². The molecule has 1 aromatic rings. The molecule has 2 aliphatic rings. The van der Waals surface area contributed by atoms with E-state index in [0.717, 1.165) is 24.4 Å². The van der Waals surface area contributed by atoms with E-state index in [2.05, 4.69) is 36.5 Å². The Bertz CT molecular complexity index is 381. The minimum absolute atomic E-state index is 0.719. The van der Waals surface area contributed by atoms with Crippen LogP contribution in [0.2, 0.25) is 0 Å². The summed E-state index contributed by atoms with van der Waals surface area (Å²) in [5.74, 6) is 0.990. The van der Waals surface area contributed by atoms with Crippen LogP contribution in [-0.2, 0) is 12.8 Å². The van der Waals surface area contributed by atoms with Gasteiger partial charge in [0.15, 0.2) is 0 Å². The van der Waals surface area contributed by atoms with Crippen molar-refractivity contribution in [1.82, 2.24) is 5.32 Å². The molecule has 1 nitrogen and oxygen atoms in total. The van der Waals surface area contributed by atoms with Gasteiger partial charge in [0.05, 0.1) is 0 Å². The van der Waals surface area contributed by atoms with Crippen LogP contribution in [0.5, 0.6) is 0 Å². The summed E-state index contributed by atoms with van der Waals surface area (Å²) in [4.78, 5) is 0. The van der Waals surface area contributed by atoms with Gasteiger partial charge in [0.2, 0.25) is 0 Å². The Hall–Kier alpha value is -0.820. The van der Waals surface area contributed by atoms with E-state index < -0.39 is 0 Å². The number of benzene rings is 1. The summed E-state index contributed by atoms with van der Waals surface area (Å²) in [6, 6.07) is 10.8. The normalized spacial score (nSPS) is 31.3. The van der Waals surface area contributed by atoms with Gasteiger partial charge in [-0.2, -0.15) is 0 Å². The van der Waals surface area contributed by atoms with Crippen molar-refractivity contribution in [2.75, 3.05) is 0 Å². The first-order valence-corrected chi connectivity index (χ1v) is 7.69. The minimum Gasteiger partial charge on any atom is -0.311 e. The van der Waals surface area contributed by atoms with E-state index in [0.29, 0.717) is 0 Å². The Kier molecular flexibility index (Phi) is 3.69. The average Bonchev–Trinajstić information content (AvgIpc) is 2.87. The van der Waals surface area contributed by atoms with Crippen LogP contribution < -0.4 is 5.32 Å². The molecule has 1 aliphatic carbocycles. The number of hydrogen-bond donors (Lipinski definition) is 1. The zero-order valence-electron chi connectivity index (χ0n) is 11.5. The van der Waals surface area contributed by atoms with Crippen LogP contribution in [-0.4, -0.2) is 12.1 Å². The summed E-state index contributed by atoms with van der Waals surface area (Å²) in [5, 5.41) is 3.89. The maximum absolute atomic E-state index is 3.89. The SMILES string of the molecule is CCc1ccc(CC2CCC3CCCC3N2)cc1. The summed E-state index contributed by atoms with van der Waals surface area (Å²) >= 11 is 0. The molecule has 1 saturated heterocycles. The standard InChI is InChI=1S/C17H25N/c1-2-13-6-8-14(9-7-13)12-16-11-10-15-4-3-5-17(15)18-16/h6-9,15-18H,2-5,10-12H2,1H3. The Morgan fingerprint density at radius 1 is 1.00 bits per heavy atom. The van der Waals surface area contributed by atoms with Crippen molar-refractivity contribution in [2.24, 2.45) is 5.92 Å². The fourth-order valence-corrected chi connectivity index (χ4v) is 3.76. The van der Waals surface area contributed by atoms with Crippen molar-refractivity contribution in [2.45, 2.75) is 64.0 Å². The van der Waals surface area contributed by atoms with Crippen LogP contribution in [0.4, 0.5) is 0 Å². The van der Waals surface area contributed by atoms with Gasteiger partial charge in [-0.15, -0.1) is 0 Å². The Labute approximate surface area is 111 Å². The number of hydrogen-bond acceptors (Lipinski definition) is 1. The first-order valence-electron chi connectivity index (χ1n) is 7.69. The summed E-state index contributed by atoms with van der Waals surface area (Å²) in [6.07, 6.45) is 9.51. The lowest BCUT2D eigenvalue weighted by Gasteiger charge is -2.33. The molecule has 0 spiro atoms. The van der Waals surface area contributed by atoms with Gasteiger partial charge in [0.1, 0.15) is 0 Å². The van der Waals surface area contributed by atoms with Crippen LogP contribution in [0.3, 0.4) is 0 Å². The van der Waals surface area contributed by atoms with Crippen molar-refractivity contribution in [3.63, 3.8) is 0 Å². The van der Waals surface area contributed by atoms with Gasteiger partial charge in [0, 0.05) is 12.1 Å². The van der Waals surface area contributed by atoms with E-state index >= 15 is 0 Å². The summed E-state index contributed by atoms with van der Waals surface area (Å²) in [5.41, 5.74) is 2.95. The predicted molar refractivity (Wildman–Crippen MR) is 76.8 cm³/mol. The highest BCUT2D eigenvalue weighted by Gasteiger charge is 2.32. The second kappa shape index (κ2) is 5.44. The molecule has 0 aromatic heterocycles. The molecule has 0 bridgehead atoms. The van der Waals surface area contributed by atoms with Crippen LogP contribution in [0.25, 0.3) is 0 Å². The fraction of sp³-hybridized carbons (Fsp3) is 0.647. The van der Waals surface area contributed by atoms with E-state index in [1.165, 1.54) is 49.7 Å². The van der Waals surface area contributed by atoms with Crippen LogP contribution >= 0.6 is 0 Å². The van der Waals surface area contributed by atoms with E-state index in [-0.39, 0.29) is 0 Å². The van der Waals surface area contributed by atoms with Crippen LogP contribution in [0.15, 0.2) is 24.3 Å². The largest absolute Gasteiger partial charge is 0.311 e. The molecular formula is C17H25N. The van der Waals surface area contributed by atoms with Gasteiger partial charge in [-0.1, -0.05) is 37.6 Å². The highest BCUT2D eigenvalue weighted by Crippen LogP contribution is 2.34. The van der Waals surface area contributed by atoms with Gasteiger partial charge >= 0.3 is 0 Å². The molecule has 1 heterocycles. The average molecular weight is 243 g/mol. The van der Waals surface area contributed by atoms with Gasteiger partial charge in [-0.05, 0) is 55.6 Å². The van der Waals surface area contributed by atoms with Crippen LogP contribution in [0.1, 0.15) is 50.2 Å². The number of piperidine rings is 1. The number of nitrogens with one attached hydrogen (secondary N) is 1. The monoisotopic (exact) mass is 243 g/mol. The third kappa shape index (κ3) is 2.61. The predicted octanol–water partition coefficient (Wildman–Crippen LogP) is 3.71. The maximum atomic E-state index is 3.89. The highest BCUT2D eigenvalue weighted by atomic mass is 15.0. The molecule has 18 heavy (non-hydrogen) atoms. The molecule has 2 fully saturated rings. The molecule has 1 heteroatoms. The summed E-state index contributed by atoms with van der Waals surface area (Å²) < 4.78 is 0. The zero-order chi connectivity index (χ0) is 12.4. The molecule has 0 radical (unpaired) electrons. The van der Waals surface area contributed by atoms with Gasteiger partial charge in [-0.25, -0.2) is 0 Å². The minimum atomic E-state index is 0.719. The Morgan fingerprint density at radius 3 is 2.56 bits per heavy atom. The van der Waals surface area contributed by atoms with Crippen molar-refractivity contribution in [3.8, 4) is 0 Å². The third-order valence-corrected chi connectivity index (χ3v) is 4.91. The molecule has 3 rings (SSSR count). The number of rotatable bonds is 3. The summed E-state index contributed by atoms with van der Waals surface area (Å²) in [7, 11) is 0. The van der Waals surface area contributed by atoms with Crippen molar-refractivity contribution in [1.29, 1.82) is 0 Å². The summed E-state index contributed by atoms with van der Waals surface area (Å²) in [6.45, 7) is 2.22. The molecule has 98 valence electrons.